The number of halogens is 2. The van der Waals surface area contributed by atoms with Crippen LogP contribution in [0, 0.1) is 17.7 Å². The minimum absolute atomic E-state index is 0. The van der Waals surface area contributed by atoms with E-state index < -0.39 is 0 Å². The van der Waals surface area contributed by atoms with Gasteiger partial charge in [0.05, 0.1) is 0 Å². The highest BCUT2D eigenvalue weighted by Gasteiger charge is 2.35. The molecule has 1 aliphatic heterocycles. The summed E-state index contributed by atoms with van der Waals surface area (Å²) in [6, 6.07) is 6.74. The minimum atomic E-state index is -0.184. The Morgan fingerprint density at radius 3 is 2.55 bits per heavy atom. The number of aliphatic imine (C=N–C) groups is 1. The van der Waals surface area contributed by atoms with Gasteiger partial charge in [-0.15, -0.1) is 24.0 Å². The van der Waals surface area contributed by atoms with Crippen molar-refractivity contribution in [3.05, 3.63) is 35.6 Å². The van der Waals surface area contributed by atoms with Crippen molar-refractivity contribution in [2.45, 2.75) is 32.2 Å². The van der Waals surface area contributed by atoms with E-state index in [1.54, 1.807) is 12.1 Å². The Morgan fingerprint density at radius 2 is 1.95 bits per heavy atom. The number of rotatable bonds is 2. The Labute approximate surface area is 149 Å². The van der Waals surface area contributed by atoms with Crippen molar-refractivity contribution in [1.82, 2.24) is 10.2 Å². The van der Waals surface area contributed by atoms with Crippen LogP contribution in [0.1, 0.15) is 31.2 Å². The van der Waals surface area contributed by atoms with Crippen molar-refractivity contribution in [1.29, 1.82) is 0 Å². The molecule has 5 heteroatoms. The summed E-state index contributed by atoms with van der Waals surface area (Å²) >= 11 is 0. The van der Waals surface area contributed by atoms with Gasteiger partial charge in [0.25, 0.3) is 0 Å². The van der Waals surface area contributed by atoms with E-state index in [1.807, 2.05) is 13.1 Å². The van der Waals surface area contributed by atoms with Gasteiger partial charge in [0.2, 0.25) is 0 Å². The zero-order valence-corrected chi connectivity index (χ0v) is 15.4. The topological polar surface area (TPSA) is 27.6 Å². The lowest BCUT2D eigenvalue weighted by atomic mass is 9.82. The molecule has 0 amide bonds. The predicted octanol–water partition coefficient (Wildman–Crippen LogP) is 3.64. The van der Waals surface area contributed by atoms with Crippen molar-refractivity contribution < 1.29 is 4.39 Å². The summed E-state index contributed by atoms with van der Waals surface area (Å²) in [6.07, 6.45) is 5.48. The van der Waals surface area contributed by atoms with Gasteiger partial charge in [-0.05, 0) is 42.4 Å². The fraction of sp³-hybridized carbons (Fsp3) is 0.588. The van der Waals surface area contributed by atoms with Gasteiger partial charge in [-0.2, -0.15) is 0 Å². The molecule has 1 heterocycles. The average Bonchev–Trinajstić information content (AvgIpc) is 2.91. The summed E-state index contributed by atoms with van der Waals surface area (Å²) in [5, 5.41) is 3.37. The van der Waals surface area contributed by atoms with Crippen LogP contribution in [0.3, 0.4) is 0 Å². The first-order valence-corrected chi connectivity index (χ1v) is 7.96. The molecule has 3 nitrogen and oxygen atoms in total. The largest absolute Gasteiger partial charge is 0.352 e. The van der Waals surface area contributed by atoms with E-state index in [2.05, 4.69) is 15.2 Å². The molecule has 2 atom stereocenters. The SMILES string of the molecule is CN=C(NCc1cccc(F)c1)N1CC2CCCCC2C1.I. The van der Waals surface area contributed by atoms with E-state index >= 15 is 0 Å². The monoisotopic (exact) mass is 417 g/mol. The van der Waals surface area contributed by atoms with Crippen molar-refractivity contribution in [3.63, 3.8) is 0 Å². The molecule has 0 bridgehead atoms. The third kappa shape index (κ3) is 4.12. The zero-order chi connectivity index (χ0) is 14.7. The van der Waals surface area contributed by atoms with Crippen LogP contribution >= 0.6 is 24.0 Å². The van der Waals surface area contributed by atoms with Crippen LogP contribution in [0.15, 0.2) is 29.3 Å². The molecular formula is C17H25FIN3. The summed E-state index contributed by atoms with van der Waals surface area (Å²) in [7, 11) is 1.83. The molecule has 1 N–H and O–H groups in total. The lowest BCUT2D eigenvalue weighted by Gasteiger charge is -2.22. The highest BCUT2D eigenvalue weighted by Crippen LogP contribution is 2.35. The van der Waals surface area contributed by atoms with E-state index in [1.165, 1.54) is 31.7 Å². The summed E-state index contributed by atoms with van der Waals surface area (Å²) < 4.78 is 13.2. The molecule has 3 rings (SSSR count). The third-order valence-electron chi connectivity index (χ3n) is 4.83. The van der Waals surface area contributed by atoms with Crippen molar-refractivity contribution >= 4 is 29.9 Å². The maximum Gasteiger partial charge on any atom is 0.193 e. The maximum atomic E-state index is 13.2. The van der Waals surface area contributed by atoms with Gasteiger partial charge in [0.15, 0.2) is 5.96 Å². The summed E-state index contributed by atoms with van der Waals surface area (Å²) in [5.41, 5.74) is 0.952. The van der Waals surface area contributed by atoms with Crippen LogP contribution in [-0.4, -0.2) is 31.0 Å². The number of guanidine groups is 1. The standard InChI is InChI=1S/C17H24FN3.HI/c1-19-17(20-10-13-5-4-8-16(18)9-13)21-11-14-6-2-3-7-15(14)12-21;/h4-5,8-9,14-15H,2-3,6-7,10-12H2,1H3,(H,19,20);1H. The van der Waals surface area contributed by atoms with Crippen LogP contribution in [-0.2, 0) is 6.54 Å². The number of fused-ring (bicyclic) bond motifs is 1. The Hall–Kier alpha value is -0.850. The van der Waals surface area contributed by atoms with Gasteiger partial charge >= 0.3 is 0 Å². The van der Waals surface area contributed by atoms with E-state index in [9.17, 15) is 4.39 Å². The van der Waals surface area contributed by atoms with E-state index in [4.69, 9.17) is 0 Å². The summed E-state index contributed by atoms with van der Waals surface area (Å²) in [4.78, 5) is 6.78. The Kier molecular flexibility index (Phi) is 6.47. The molecule has 2 unspecified atom stereocenters. The summed E-state index contributed by atoms with van der Waals surface area (Å²) in [5.74, 6) is 2.45. The van der Waals surface area contributed by atoms with Gasteiger partial charge in [0, 0.05) is 26.7 Å². The molecule has 1 aromatic rings. The molecule has 0 radical (unpaired) electrons. The number of likely N-dealkylation sites (tertiary alicyclic amines) is 1. The number of nitrogens with zero attached hydrogens (tertiary/aromatic N) is 2. The molecular weight excluding hydrogens is 392 g/mol. The van der Waals surface area contributed by atoms with Crippen LogP contribution in [0.4, 0.5) is 4.39 Å². The van der Waals surface area contributed by atoms with Crippen LogP contribution in [0.2, 0.25) is 0 Å². The fourth-order valence-corrected chi connectivity index (χ4v) is 3.74. The maximum absolute atomic E-state index is 13.2. The fourth-order valence-electron chi connectivity index (χ4n) is 3.74. The first kappa shape index (κ1) is 17.5. The summed E-state index contributed by atoms with van der Waals surface area (Å²) in [6.45, 7) is 2.86. The average molecular weight is 417 g/mol. The quantitative estimate of drug-likeness (QED) is 0.452. The first-order valence-electron chi connectivity index (χ1n) is 7.96. The van der Waals surface area contributed by atoms with Gasteiger partial charge in [-0.3, -0.25) is 4.99 Å². The van der Waals surface area contributed by atoms with E-state index in [-0.39, 0.29) is 29.8 Å². The molecule has 122 valence electrons. The predicted molar refractivity (Wildman–Crippen MR) is 99.0 cm³/mol. The number of benzene rings is 1. The Bertz CT molecular complexity index is 506. The van der Waals surface area contributed by atoms with Crippen LogP contribution in [0.5, 0.6) is 0 Å². The lowest BCUT2D eigenvalue weighted by Crippen LogP contribution is -2.39. The minimum Gasteiger partial charge on any atom is -0.352 e. The van der Waals surface area contributed by atoms with Gasteiger partial charge < -0.3 is 10.2 Å². The number of nitrogens with one attached hydrogen (secondary N) is 1. The van der Waals surface area contributed by atoms with E-state index in [0.717, 1.165) is 36.4 Å². The number of hydrogen-bond acceptors (Lipinski definition) is 1. The highest BCUT2D eigenvalue weighted by molar-refractivity contribution is 14.0. The van der Waals surface area contributed by atoms with Crippen molar-refractivity contribution in [2.24, 2.45) is 16.8 Å². The molecule has 1 saturated carbocycles. The Balaban J connectivity index is 0.00000176. The molecule has 22 heavy (non-hydrogen) atoms. The normalized spacial score (nSPS) is 24.6. The molecule has 2 aliphatic rings. The second kappa shape index (κ2) is 8.13. The molecule has 0 spiro atoms. The Morgan fingerprint density at radius 1 is 1.27 bits per heavy atom. The lowest BCUT2D eigenvalue weighted by molar-refractivity contribution is 0.299. The molecule has 1 aromatic carbocycles. The van der Waals surface area contributed by atoms with Gasteiger partial charge in [-0.25, -0.2) is 4.39 Å². The number of hydrogen-bond donors (Lipinski definition) is 1. The third-order valence-corrected chi connectivity index (χ3v) is 4.83. The van der Waals surface area contributed by atoms with Gasteiger partial charge in [0.1, 0.15) is 5.82 Å². The van der Waals surface area contributed by atoms with Gasteiger partial charge in [-0.1, -0.05) is 25.0 Å². The zero-order valence-electron chi connectivity index (χ0n) is 13.1. The first-order chi connectivity index (χ1) is 10.3. The molecule has 1 saturated heterocycles. The van der Waals surface area contributed by atoms with Crippen molar-refractivity contribution in [3.8, 4) is 0 Å². The van der Waals surface area contributed by atoms with E-state index in [0.29, 0.717) is 6.54 Å². The highest BCUT2D eigenvalue weighted by atomic mass is 127. The second-order valence-electron chi connectivity index (χ2n) is 6.24. The smallest absolute Gasteiger partial charge is 0.193 e. The molecule has 0 aromatic heterocycles. The molecule has 1 aliphatic carbocycles. The van der Waals surface area contributed by atoms with Crippen LogP contribution < -0.4 is 5.32 Å². The van der Waals surface area contributed by atoms with Crippen LogP contribution in [0.25, 0.3) is 0 Å². The molecule has 2 fully saturated rings. The second-order valence-corrected chi connectivity index (χ2v) is 6.24. The van der Waals surface area contributed by atoms with Crippen molar-refractivity contribution in [2.75, 3.05) is 20.1 Å².